The van der Waals surface area contributed by atoms with Crippen LogP contribution >= 0.6 is 23.1 Å². The van der Waals surface area contributed by atoms with E-state index in [-0.39, 0.29) is 11.7 Å². The summed E-state index contributed by atoms with van der Waals surface area (Å²) < 4.78 is 0. The summed E-state index contributed by atoms with van der Waals surface area (Å²) in [5.74, 6) is -0.131. The first-order valence-electron chi connectivity index (χ1n) is 11.7. The lowest BCUT2D eigenvalue weighted by Crippen LogP contribution is -2.14. The second-order valence-corrected chi connectivity index (χ2v) is 10.5. The van der Waals surface area contributed by atoms with E-state index in [2.05, 4.69) is 17.5 Å². The maximum atomic E-state index is 12.9. The molecule has 0 saturated heterocycles. The smallest absolute Gasteiger partial charge is 0.235 e. The number of carbonyl (C=O) groups is 1. The molecule has 5 nitrogen and oxygen atoms in total. The third-order valence-electron chi connectivity index (χ3n) is 6.13. The maximum absolute atomic E-state index is 12.9. The molecule has 0 fully saturated rings. The molecule has 1 aliphatic rings. The van der Waals surface area contributed by atoms with Crippen molar-refractivity contribution >= 4 is 34.0 Å². The van der Waals surface area contributed by atoms with Gasteiger partial charge in [-0.25, -0.2) is 4.98 Å². The lowest BCUT2D eigenvalue weighted by Gasteiger charge is -2.12. The number of rotatable bonds is 6. The molecule has 1 aliphatic carbocycles. The van der Waals surface area contributed by atoms with Crippen LogP contribution in [0.4, 0.5) is 5.00 Å². The number of pyridine rings is 1. The van der Waals surface area contributed by atoms with Crippen LogP contribution in [0, 0.1) is 22.7 Å². The molecule has 1 N–H and O–H groups in total. The maximum Gasteiger partial charge on any atom is 0.235 e. The number of carbonyl (C=O) groups excluding carboxylic acids is 1. The van der Waals surface area contributed by atoms with Crippen LogP contribution < -0.4 is 5.32 Å². The third kappa shape index (κ3) is 4.90. The number of benzene rings is 2. The van der Waals surface area contributed by atoms with Gasteiger partial charge in [-0.2, -0.15) is 10.5 Å². The van der Waals surface area contributed by atoms with Gasteiger partial charge in [0.25, 0.3) is 0 Å². The highest BCUT2D eigenvalue weighted by Crippen LogP contribution is 2.38. The fourth-order valence-corrected chi connectivity index (χ4v) is 6.46. The SMILES string of the molecule is N#Cc1c(-c2ccccc2)cc(-c2ccccc2)nc1SCC(=O)Nc1sc2c(c1C#N)CCCC2. The van der Waals surface area contributed by atoms with E-state index in [0.717, 1.165) is 53.6 Å². The van der Waals surface area contributed by atoms with Gasteiger partial charge >= 0.3 is 0 Å². The van der Waals surface area contributed by atoms with Gasteiger partial charge in [0, 0.05) is 16.0 Å². The number of aromatic nitrogens is 1. The zero-order valence-electron chi connectivity index (χ0n) is 19.5. The number of nitrogens with one attached hydrogen (secondary N) is 1. The first-order chi connectivity index (χ1) is 17.7. The predicted molar refractivity (Wildman–Crippen MR) is 145 cm³/mol. The van der Waals surface area contributed by atoms with E-state index >= 15 is 0 Å². The van der Waals surface area contributed by atoms with Crippen molar-refractivity contribution in [3.8, 4) is 34.5 Å². The number of hydrogen-bond acceptors (Lipinski definition) is 6. The molecular formula is C29H22N4OS2. The van der Waals surface area contributed by atoms with Crippen LogP contribution in [0.5, 0.6) is 0 Å². The molecule has 0 saturated carbocycles. The van der Waals surface area contributed by atoms with E-state index in [1.54, 1.807) is 0 Å². The third-order valence-corrected chi connectivity index (χ3v) is 8.31. The number of thioether (sulfide) groups is 1. The summed E-state index contributed by atoms with van der Waals surface area (Å²) in [7, 11) is 0. The molecule has 5 rings (SSSR count). The Morgan fingerprint density at radius 1 is 0.944 bits per heavy atom. The molecule has 0 spiro atoms. The number of hydrogen-bond donors (Lipinski definition) is 1. The Morgan fingerprint density at radius 2 is 1.61 bits per heavy atom. The fraction of sp³-hybridized carbons (Fsp3) is 0.172. The van der Waals surface area contributed by atoms with E-state index in [4.69, 9.17) is 4.98 Å². The fourth-order valence-electron chi connectivity index (χ4n) is 4.41. The summed E-state index contributed by atoms with van der Waals surface area (Å²) in [4.78, 5) is 18.9. The Balaban J connectivity index is 1.44. The van der Waals surface area contributed by atoms with Crippen LogP contribution in [-0.2, 0) is 17.6 Å². The first-order valence-corrected chi connectivity index (χ1v) is 13.5. The van der Waals surface area contributed by atoms with Gasteiger partial charge in [0.2, 0.25) is 5.91 Å². The van der Waals surface area contributed by atoms with Gasteiger partial charge in [0.15, 0.2) is 0 Å². The van der Waals surface area contributed by atoms with E-state index in [0.29, 0.717) is 21.2 Å². The molecule has 0 aliphatic heterocycles. The summed E-state index contributed by atoms with van der Waals surface area (Å²) >= 11 is 2.75. The Hall–Kier alpha value is -3.91. The molecule has 2 aromatic heterocycles. The van der Waals surface area contributed by atoms with Crippen molar-refractivity contribution in [1.82, 2.24) is 4.98 Å². The molecule has 0 unspecified atom stereocenters. The molecule has 0 bridgehead atoms. The van der Waals surface area contributed by atoms with E-state index in [1.807, 2.05) is 66.7 Å². The molecule has 36 heavy (non-hydrogen) atoms. The monoisotopic (exact) mass is 506 g/mol. The van der Waals surface area contributed by atoms with Gasteiger partial charge in [-0.05, 0) is 42.9 Å². The lowest BCUT2D eigenvalue weighted by molar-refractivity contribution is -0.113. The Labute approximate surface area is 218 Å². The zero-order valence-corrected chi connectivity index (χ0v) is 21.1. The lowest BCUT2D eigenvalue weighted by atomic mass is 9.96. The molecule has 176 valence electrons. The van der Waals surface area contributed by atoms with Crippen molar-refractivity contribution in [3.63, 3.8) is 0 Å². The second-order valence-electron chi connectivity index (χ2n) is 8.44. The molecule has 7 heteroatoms. The topological polar surface area (TPSA) is 89.6 Å². The molecule has 0 radical (unpaired) electrons. The zero-order chi connectivity index (χ0) is 24.9. The van der Waals surface area contributed by atoms with Crippen LogP contribution in [-0.4, -0.2) is 16.6 Å². The highest BCUT2D eigenvalue weighted by molar-refractivity contribution is 8.00. The Bertz CT molecular complexity index is 1500. The molecule has 2 aromatic carbocycles. The first kappa shape index (κ1) is 23.8. The average molecular weight is 507 g/mol. The van der Waals surface area contributed by atoms with E-state index in [9.17, 15) is 15.3 Å². The summed E-state index contributed by atoms with van der Waals surface area (Å²) in [6.07, 6.45) is 4.05. The number of nitrogens with zero attached hydrogens (tertiary/aromatic N) is 3. The van der Waals surface area contributed by atoms with Gasteiger partial charge < -0.3 is 5.32 Å². The van der Waals surface area contributed by atoms with Crippen LogP contribution in [0.1, 0.15) is 34.4 Å². The highest BCUT2D eigenvalue weighted by Gasteiger charge is 2.22. The molecule has 1 amide bonds. The van der Waals surface area contributed by atoms with Gasteiger partial charge in [-0.15, -0.1) is 11.3 Å². The van der Waals surface area contributed by atoms with Gasteiger partial charge in [0.05, 0.1) is 22.6 Å². The Kier molecular flexibility index (Phi) is 7.13. The summed E-state index contributed by atoms with van der Waals surface area (Å²) in [5.41, 5.74) is 5.52. The second kappa shape index (κ2) is 10.8. The number of aryl methyl sites for hydroxylation is 1. The number of fused-ring (bicyclic) bond motifs is 1. The van der Waals surface area contributed by atoms with E-state index in [1.165, 1.54) is 28.0 Å². The molecule has 2 heterocycles. The van der Waals surface area contributed by atoms with Crippen molar-refractivity contribution in [2.45, 2.75) is 30.7 Å². The highest BCUT2D eigenvalue weighted by atomic mass is 32.2. The van der Waals surface area contributed by atoms with Crippen molar-refractivity contribution in [2.75, 3.05) is 11.1 Å². The number of thiophene rings is 1. The largest absolute Gasteiger partial charge is 0.316 e. The van der Waals surface area contributed by atoms with Crippen LogP contribution in [0.15, 0.2) is 71.8 Å². The summed E-state index contributed by atoms with van der Waals surface area (Å²) in [6, 6.07) is 26.1. The van der Waals surface area contributed by atoms with Crippen molar-refractivity contribution < 1.29 is 4.79 Å². The van der Waals surface area contributed by atoms with Gasteiger partial charge in [-0.1, -0.05) is 72.4 Å². The minimum Gasteiger partial charge on any atom is -0.316 e. The predicted octanol–water partition coefficient (Wildman–Crippen LogP) is 6.83. The van der Waals surface area contributed by atoms with Crippen LogP contribution in [0.3, 0.4) is 0 Å². The number of anilines is 1. The minimum atomic E-state index is -0.216. The normalized spacial score (nSPS) is 12.3. The number of amides is 1. The number of nitriles is 2. The molecule has 4 aromatic rings. The van der Waals surface area contributed by atoms with E-state index < -0.39 is 0 Å². The minimum absolute atomic E-state index is 0.0849. The quantitative estimate of drug-likeness (QED) is 0.290. The summed E-state index contributed by atoms with van der Waals surface area (Å²) in [6.45, 7) is 0. The standard InChI is InChI=1S/C29H22N4OS2/c30-16-23-21-13-7-8-14-26(21)36-29(23)33-27(34)18-35-28-24(17-31)22(19-9-3-1-4-10-19)15-25(32-28)20-11-5-2-6-12-20/h1-6,9-12,15H,7-8,13-14,18H2,(H,33,34). The van der Waals surface area contributed by atoms with Crippen LogP contribution in [0.25, 0.3) is 22.4 Å². The van der Waals surface area contributed by atoms with Crippen molar-refractivity contribution in [3.05, 3.63) is 88.3 Å². The molecule has 0 atom stereocenters. The average Bonchev–Trinajstić information content (AvgIpc) is 3.29. The van der Waals surface area contributed by atoms with Gasteiger partial charge in [-0.3, -0.25) is 4.79 Å². The van der Waals surface area contributed by atoms with Crippen molar-refractivity contribution in [1.29, 1.82) is 10.5 Å². The van der Waals surface area contributed by atoms with Gasteiger partial charge in [0.1, 0.15) is 22.2 Å². The summed E-state index contributed by atoms with van der Waals surface area (Å²) in [5, 5.41) is 23.8. The Morgan fingerprint density at radius 3 is 2.31 bits per heavy atom. The van der Waals surface area contributed by atoms with Crippen molar-refractivity contribution in [2.24, 2.45) is 0 Å². The van der Waals surface area contributed by atoms with Crippen LogP contribution in [0.2, 0.25) is 0 Å². The molecular weight excluding hydrogens is 484 g/mol.